The van der Waals surface area contributed by atoms with Gasteiger partial charge in [0.05, 0.1) is 18.7 Å². The molecule has 0 aliphatic carbocycles. The van der Waals surface area contributed by atoms with Gasteiger partial charge in [-0.05, 0) is 26.0 Å². The number of methoxy groups -OCH3 is 1. The van der Waals surface area contributed by atoms with E-state index in [1.807, 2.05) is 0 Å². The molecule has 1 saturated heterocycles. The standard InChI is InChI=1S/C16H19FN2O4/c1-16(2,15(22)23-3)18-14(21)10-8-13(20)19(9-10)12-7-5-4-6-11(12)17/h4-7,10H,8-9H2,1-3H3,(H,18,21)/t10-/m1/s1. The van der Waals surface area contributed by atoms with Crippen molar-refractivity contribution in [1.29, 1.82) is 0 Å². The molecule has 1 N–H and O–H groups in total. The first-order valence-electron chi connectivity index (χ1n) is 7.21. The number of ether oxygens (including phenoxy) is 1. The van der Waals surface area contributed by atoms with E-state index in [2.05, 4.69) is 10.1 Å². The summed E-state index contributed by atoms with van der Waals surface area (Å²) in [6.45, 7) is 3.10. The molecule has 2 rings (SSSR count). The summed E-state index contributed by atoms with van der Waals surface area (Å²) in [5.74, 6) is -2.51. The van der Waals surface area contributed by atoms with Gasteiger partial charge in [-0.3, -0.25) is 9.59 Å². The van der Waals surface area contributed by atoms with Crippen molar-refractivity contribution in [3.05, 3.63) is 30.1 Å². The van der Waals surface area contributed by atoms with Crippen molar-refractivity contribution in [3.8, 4) is 0 Å². The minimum atomic E-state index is -1.19. The zero-order chi connectivity index (χ0) is 17.2. The summed E-state index contributed by atoms with van der Waals surface area (Å²) in [6.07, 6.45) is -0.0303. The normalized spacial score (nSPS) is 18.0. The first-order chi connectivity index (χ1) is 10.8. The second-order valence-electron chi connectivity index (χ2n) is 5.96. The zero-order valence-electron chi connectivity index (χ0n) is 13.3. The van der Waals surface area contributed by atoms with E-state index in [1.165, 1.54) is 44.1 Å². The predicted molar refractivity (Wildman–Crippen MR) is 81.1 cm³/mol. The van der Waals surface area contributed by atoms with Gasteiger partial charge in [0.1, 0.15) is 11.4 Å². The number of anilines is 1. The number of amides is 2. The largest absolute Gasteiger partial charge is 0.467 e. The maximum absolute atomic E-state index is 13.8. The monoisotopic (exact) mass is 322 g/mol. The number of hydrogen-bond acceptors (Lipinski definition) is 4. The fourth-order valence-corrected chi connectivity index (χ4v) is 2.50. The van der Waals surface area contributed by atoms with Gasteiger partial charge in [-0.15, -0.1) is 0 Å². The number of carbonyl (C=O) groups is 3. The molecule has 0 radical (unpaired) electrons. The predicted octanol–water partition coefficient (Wildman–Crippen LogP) is 1.25. The molecule has 1 aromatic carbocycles. The molecule has 124 valence electrons. The van der Waals surface area contributed by atoms with Crippen LogP contribution in [0, 0.1) is 11.7 Å². The zero-order valence-corrected chi connectivity index (χ0v) is 13.3. The van der Waals surface area contributed by atoms with E-state index in [-0.39, 0.29) is 24.6 Å². The Balaban J connectivity index is 2.09. The molecule has 7 heteroatoms. The molecule has 1 aliphatic heterocycles. The van der Waals surface area contributed by atoms with Crippen LogP contribution in [0.25, 0.3) is 0 Å². The summed E-state index contributed by atoms with van der Waals surface area (Å²) < 4.78 is 18.4. The third-order valence-electron chi connectivity index (χ3n) is 3.77. The van der Waals surface area contributed by atoms with Crippen LogP contribution in [-0.4, -0.2) is 37.0 Å². The van der Waals surface area contributed by atoms with Gasteiger partial charge in [-0.2, -0.15) is 0 Å². The smallest absolute Gasteiger partial charge is 0.330 e. The molecular weight excluding hydrogens is 303 g/mol. The average Bonchev–Trinajstić information content (AvgIpc) is 2.88. The van der Waals surface area contributed by atoms with E-state index >= 15 is 0 Å². The number of para-hydroxylation sites is 1. The van der Waals surface area contributed by atoms with E-state index in [0.29, 0.717) is 0 Å². The molecular formula is C16H19FN2O4. The van der Waals surface area contributed by atoms with E-state index in [1.54, 1.807) is 6.07 Å². The number of benzene rings is 1. The Morgan fingerprint density at radius 2 is 2.00 bits per heavy atom. The van der Waals surface area contributed by atoms with Gasteiger partial charge in [0.25, 0.3) is 0 Å². The molecule has 0 aromatic heterocycles. The molecule has 23 heavy (non-hydrogen) atoms. The molecule has 0 unspecified atom stereocenters. The van der Waals surface area contributed by atoms with Crippen LogP contribution in [0.4, 0.5) is 10.1 Å². The fraction of sp³-hybridized carbons (Fsp3) is 0.438. The average molecular weight is 322 g/mol. The highest BCUT2D eigenvalue weighted by Gasteiger charge is 2.39. The number of halogens is 1. The summed E-state index contributed by atoms with van der Waals surface area (Å²) in [5, 5.41) is 2.57. The van der Waals surface area contributed by atoms with Crippen LogP contribution in [0.15, 0.2) is 24.3 Å². The van der Waals surface area contributed by atoms with Crippen molar-refractivity contribution in [1.82, 2.24) is 5.32 Å². The Labute approximate surface area is 133 Å². The Kier molecular flexibility index (Phi) is 4.68. The van der Waals surface area contributed by atoms with E-state index < -0.39 is 29.2 Å². The Hall–Kier alpha value is -2.44. The van der Waals surface area contributed by atoms with Crippen molar-refractivity contribution < 1.29 is 23.5 Å². The number of esters is 1. The number of nitrogens with one attached hydrogen (secondary N) is 1. The Bertz CT molecular complexity index is 645. The lowest BCUT2D eigenvalue weighted by Crippen LogP contribution is -2.52. The van der Waals surface area contributed by atoms with Crippen LogP contribution >= 0.6 is 0 Å². The Morgan fingerprint density at radius 3 is 2.61 bits per heavy atom. The van der Waals surface area contributed by atoms with Gasteiger partial charge in [0.15, 0.2) is 0 Å². The summed E-state index contributed by atoms with van der Waals surface area (Å²) in [7, 11) is 1.23. The van der Waals surface area contributed by atoms with Gasteiger partial charge < -0.3 is 15.0 Å². The van der Waals surface area contributed by atoms with Crippen LogP contribution in [0.5, 0.6) is 0 Å². The quantitative estimate of drug-likeness (QED) is 0.847. The molecule has 1 aliphatic rings. The second kappa shape index (κ2) is 6.36. The van der Waals surface area contributed by atoms with Crippen LogP contribution in [0.2, 0.25) is 0 Å². The first kappa shape index (κ1) is 16.9. The maximum atomic E-state index is 13.8. The highest BCUT2D eigenvalue weighted by atomic mass is 19.1. The topological polar surface area (TPSA) is 75.7 Å². The van der Waals surface area contributed by atoms with Crippen molar-refractivity contribution in [2.45, 2.75) is 25.8 Å². The van der Waals surface area contributed by atoms with Crippen molar-refractivity contribution in [2.75, 3.05) is 18.6 Å². The second-order valence-corrected chi connectivity index (χ2v) is 5.96. The molecule has 1 heterocycles. The van der Waals surface area contributed by atoms with Crippen LogP contribution in [0.3, 0.4) is 0 Å². The Morgan fingerprint density at radius 1 is 1.35 bits per heavy atom. The molecule has 1 aromatic rings. The lowest BCUT2D eigenvalue weighted by molar-refractivity contribution is -0.149. The molecule has 1 fully saturated rings. The van der Waals surface area contributed by atoms with E-state index in [9.17, 15) is 18.8 Å². The fourth-order valence-electron chi connectivity index (χ4n) is 2.50. The number of nitrogens with zero attached hydrogens (tertiary/aromatic N) is 1. The van der Waals surface area contributed by atoms with Crippen LogP contribution < -0.4 is 10.2 Å². The summed E-state index contributed by atoms with van der Waals surface area (Å²) in [4.78, 5) is 37.3. The molecule has 0 spiro atoms. The van der Waals surface area contributed by atoms with Crippen molar-refractivity contribution >= 4 is 23.5 Å². The number of hydrogen-bond donors (Lipinski definition) is 1. The van der Waals surface area contributed by atoms with Crippen LogP contribution in [-0.2, 0) is 19.1 Å². The van der Waals surface area contributed by atoms with E-state index in [4.69, 9.17) is 0 Å². The molecule has 1 atom stereocenters. The minimum Gasteiger partial charge on any atom is -0.467 e. The van der Waals surface area contributed by atoms with E-state index in [0.717, 1.165) is 0 Å². The summed E-state index contributed by atoms with van der Waals surface area (Å²) >= 11 is 0. The molecule has 2 amide bonds. The lowest BCUT2D eigenvalue weighted by Gasteiger charge is -2.25. The summed E-state index contributed by atoms with van der Waals surface area (Å²) in [5.41, 5.74) is -1.04. The van der Waals surface area contributed by atoms with Gasteiger partial charge in [-0.1, -0.05) is 12.1 Å². The molecule has 0 saturated carbocycles. The molecule has 6 nitrogen and oxygen atoms in total. The number of rotatable bonds is 4. The van der Waals surface area contributed by atoms with Crippen molar-refractivity contribution in [3.63, 3.8) is 0 Å². The first-order valence-corrected chi connectivity index (χ1v) is 7.21. The minimum absolute atomic E-state index is 0.0303. The van der Waals surface area contributed by atoms with Gasteiger partial charge in [-0.25, -0.2) is 9.18 Å². The van der Waals surface area contributed by atoms with Gasteiger partial charge >= 0.3 is 5.97 Å². The van der Waals surface area contributed by atoms with Gasteiger partial charge in [0.2, 0.25) is 11.8 Å². The lowest BCUT2D eigenvalue weighted by atomic mass is 10.0. The third kappa shape index (κ3) is 3.49. The maximum Gasteiger partial charge on any atom is 0.330 e. The van der Waals surface area contributed by atoms with Gasteiger partial charge in [0, 0.05) is 13.0 Å². The molecule has 0 bridgehead atoms. The summed E-state index contributed by atoms with van der Waals surface area (Å²) in [6, 6.07) is 5.91. The number of carbonyl (C=O) groups excluding carboxylic acids is 3. The third-order valence-corrected chi connectivity index (χ3v) is 3.77. The highest BCUT2D eigenvalue weighted by Crippen LogP contribution is 2.27. The SMILES string of the molecule is COC(=O)C(C)(C)NC(=O)[C@@H]1CC(=O)N(c2ccccc2F)C1. The van der Waals surface area contributed by atoms with Crippen molar-refractivity contribution in [2.24, 2.45) is 5.92 Å². The van der Waals surface area contributed by atoms with Crippen LogP contribution in [0.1, 0.15) is 20.3 Å². The highest BCUT2D eigenvalue weighted by molar-refractivity contribution is 6.01.